The van der Waals surface area contributed by atoms with Crippen molar-refractivity contribution in [2.45, 2.75) is 19.8 Å². The molecule has 0 spiro atoms. The lowest BCUT2D eigenvalue weighted by atomic mass is 10.0. The molecule has 3 rings (SSSR count). The fourth-order valence-electron chi connectivity index (χ4n) is 2.11. The maximum absolute atomic E-state index is 4.51. The molecular weight excluding hydrogens is 158 g/mol. The molecule has 1 aliphatic carbocycles. The van der Waals surface area contributed by atoms with Gasteiger partial charge in [-0.2, -0.15) is 0 Å². The number of nitrogens with zero attached hydrogens (tertiary/aromatic N) is 1. The van der Waals surface area contributed by atoms with Crippen LogP contribution in [0.3, 0.4) is 0 Å². The minimum Gasteiger partial charge on any atom is -0.257 e. The smallest absolute Gasteiger partial charge is 0.0671 e. The number of benzene rings is 1. The van der Waals surface area contributed by atoms with Crippen LogP contribution in [0.1, 0.15) is 23.6 Å². The van der Waals surface area contributed by atoms with Crippen molar-refractivity contribution in [2.24, 2.45) is 4.99 Å². The van der Waals surface area contributed by atoms with Gasteiger partial charge in [-0.25, -0.2) is 0 Å². The van der Waals surface area contributed by atoms with Gasteiger partial charge >= 0.3 is 0 Å². The highest BCUT2D eigenvalue weighted by Gasteiger charge is 2.15. The van der Waals surface area contributed by atoms with E-state index in [0.29, 0.717) is 0 Å². The van der Waals surface area contributed by atoms with Crippen LogP contribution in [-0.4, -0.2) is 5.71 Å². The van der Waals surface area contributed by atoms with Crippen LogP contribution < -0.4 is 0 Å². The Labute approximate surface area is 77.8 Å². The van der Waals surface area contributed by atoms with Crippen molar-refractivity contribution >= 4 is 17.5 Å². The molecule has 1 nitrogen and oxygen atoms in total. The van der Waals surface area contributed by atoms with Gasteiger partial charge < -0.3 is 0 Å². The summed E-state index contributed by atoms with van der Waals surface area (Å²) >= 11 is 0. The van der Waals surface area contributed by atoms with Crippen molar-refractivity contribution in [3.8, 4) is 0 Å². The highest BCUT2D eigenvalue weighted by Crippen LogP contribution is 2.32. The Morgan fingerprint density at radius 3 is 3.08 bits per heavy atom. The number of hydrogen-bond acceptors (Lipinski definition) is 1. The standard InChI is InChI=1S/C12H11N/c1-8-5-11-6-9-3-2-4-10(9)7-12(11)13-8/h2,4,6-7H,3,5H2,1H3. The fourth-order valence-corrected chi connectivity index (χ4v) is 2.11. The van der Waals surface area contributed by atoms with E-state index in [-0.39, 0.29) is 0 Å². The number of aliphatic imine (C=N–C) groups is 1. The van der Waals surface area contributed by atoms with Crippen molar-refractivity contribution in [2.75, 3.05) is 0 Å². The molecule has 0 amide bonds. The van der Waals surface area contributed by atoms with Gasteiger partial charge in [0.25, 0.3) is 0 Å². The average molecular weight is 169 g/mol. The second-order valence-corrected chi connectivity index (χ2v) is 3.81. The van der Waals surface area contributed by atoms with Gasteiger partial charge in [0.2, 0.25) is 0 Å². The predicted molar refractivity (Wildman–Crippen MR) is 55.7 cm³/mol. The fraction of sp³-hybridized carbons (Fsp3) is 0.250. The summed E-state index contributed by atoms with van der Waals surface area (Å²) in [7, 11) is 0. The van der Waals surface area contributed by atoms with Crippen LogP contribution in [0, 0.1) is 0 Å². The van der Waals surface area contributed by atoms with E-state index >= 15 is 0 Å². The number of allylic oxidation sites excluding steroid dienone is 1. The molecule has 0 bridgehead atoms. The molecule has 1 heterocycles. The summed E-state index contributed by atoms with van der Waals surface area (Å²) in [6, 6.07) is 4.52. The SMILES string of the molecule is CC1=Nc2cc3c(cc2C1)CC=C3. The molecule has 0 saturated carbocycles. The summed E-state index contributed by atoms with van der Waals surface area (Å²) in [5, 5.41) is 0. The molecule has 13 heavy (non-hydrogen) atoms. The largest absolute Gasteiger partial charge is 0.257 e. The maximum Gasteiger partial charge on any atom is 0.0671 e. The Hall–Kier alpha value is -1.37. The molecular formula is C12H11N. The summed E-state index contributed by atoms with van der Waals surface area (Å²) in [4.78, 5) is 4.51. The summed E-state index contributed by atoms with van der Waals surface area (Å²) in [6.45, 7) is 2.10. The van der Waals surface area contributed by atoms with Gasteiger partial charge in [-0.05, 0) is 36.1 Å². The van der Waals surface area contributed by atoms with Crippen LogP contribution in [0.15, 0.2) is 23.2 Å². The van der Waals surface area contributed by atoms with Gasteiger partial charge in [-0.3, -0.25) is 4.99 Å². The lowest BCUT2D eigenvalue weighted by Crippen LogP contribution is -1.90. The highest BCUT2D eigenvalue weighted by atomic mass is 14.8. The molecule has 0 fully saturated rings. The Morgan fingerprint density at radius 2 is 2.15 bits per heavy atom. The molecule has 0 aromatic heterocycles. The van der Waals surface area contributed by atoms with E-state index in [2.05, 4.69) is 36.2 Å². The first-order valence-corrected chi connectivity index (χ1v) is 4.69. The van der Waals surface area contributed by atoms with Gasteiger partial charge in [0.1, 0.15) is 0 Å². The zero-order valence-corrected chi connectivity index (χ0v) is 7.67. The monoisotopic (exact) mass is 169 g/mol. The van der Waals surface area contributed by atoms with E-state index in [1.165, 1.54) is 28.1 Å². The first-order valence-electron chi connectivity index (χ1n) is 4.69. The van der Waals surface area contributed by atoms with Gasteiger partial charge in [-0.1, -0.05) is 18.2 Å². The third-order valence-electron chi connectivity index (χ3n) is 2.73. The van der Waals surface area contributed by atoms with Crippen LogP contribution in [0.25, 0.3) is 6.08 Å². The zero-order chi connectivity index (χ0) is 8.84. The van der Waals surface area contributed by atoms with E-state index < -0.39 is 0 Å². The molecule has 1 heteroatoms. The van der Waals surface area contributed by atoms with E-state index in [9.17, 15) is 0 Å². The highest BCUT2D eigenvalue weighted by molar-refractivity contribution is 5.92. The molecule has 2 aliphatic rings. The lowest BCUT2D eigenvalue weighted by Gasteiger charge is -2.02. The third-order valence-corrected chi connectivity index (χ3v) is 2.73. The Bertz CT molecular complexity index is 439. The van der Waals surface area contributed by atoms with Crippen LogP contribution in [-0.2, 0) is 12.8 Å². The third kappa shape index (κ3) is 0.966. The Kier molecular flexibility index (Phi) is 1.26. The summed E-state index contributed by atoms with van der Waals surface area (Å²) in [6.07, 6.45) is 6.56. The summed E-state index contributed by atoms with van der Waals surface area (Å²) < 4.78 is 0. The number of fused-ring (bicyclic) bond motifs is 2. The Balaban J connectivity index is 2.21. The molecule has 64 valence electrons. The van der Waals surface area contributed by atoms with Gasteiger partial charge in [0.05, 0.1) is 5.69 Å². The molecule has 1 aromatic carbocycles. The van der Waals surface area contributed by atoms with Crippen molar-refractivity contribution in [1.82, 2.24) is 0 Å². The molecule has 0 radical (unpaired) electrons. The summed E-state index contributed by atoms with van der Waals surface area (Å²) in [5.74, 6) is 0. The van der Waals surface area contributed by atoms with Crippen LogP contribution >= 0.6 is 0 Å². The molecule has 1 aliphatic heterocycles. The second-order valence-electron chi connectivity index (χ2n) is 3.81. The molecule has 0 N–H and O–H groups in total. The Morgan fingerprint density at radius 1 is 1.23 bits per heavy atom. The zero-order valence-electron chi connectivity index (χ0n) is 7.67. The van der Waals surface area contributed by atoms with E-state index in [1.807, 2.05) is 0 Å². The molecule has 0 atom stereocenters. The van der Waals surface area contributed by atoms with Gasteiger partial charge in [-0.15, -0.1) is 0 Å². The first-order chi connectivity index (χ1) is 6.33. The average Bonchev–Trinajstić information content (AvgIpc) is 2.63. The van der Waals surface area contributed by atoms with Crippen molar-refractivity contribution in [1.29, 1.82) is 0 Å². The van der Waals surface area contributed by atoms with Crippen molar-refractivity contribution in [3.63, 3.8) is 0 Å². The van der Waals surface area contributed by atoms with Crippen LogP contribution in [0.2, 0.25) is 0 Å². The van der Waals surface area contributed by atoms with Gasteiger partial charge in [0, 0.05) is 12.1 Å². The normalized spacial score (nSPS) is 17.2. The predicted octanol–water partition coefficient (Wildman–Crippen LogP) is 2.90. The molecule has 1 aromatic rings. The van der Waals surface area contributed by atoms with Gasteiger partial charge in [0.15, 0.2) is 0 Å². The maximum atomic E-state index is 4.51. The van der Waals surface area contributed by atoms with Crippen LogP contribution in [0.4, 0.5) is 5.69 Å². The van der Waals surface area contributed by atoms with Crippen molar-refractivity contribution < 1.29 is 0 Å². The minimum atomic E-state index is 1.04. The number of rotatable bonds is 0. The van der Waals surface area contributed by atoms with Crippen LogP contribution in [0.5, 0.6) is 0 Å². The first kappa shape index (κ1) is 7.07. The quantitative estimate of drug-likeness (QED) is 0.566. The minimum absolute atomic E-state index is 1.04. The van der Waals surface area contributed by atoms with Crippen molar-refractivity contribution in [3.05, 3.63) is 34.9 Å². The molecule has 0 saturated heterocycles. The number of hydrogen-bond donors (Lipinski definition) is 0. The second kappa shape index (κ2) is 2.32. The summed E-state index contributed by atoms with van der Waals surface area (Å²) in [5.41, 5.74) is 6.64. The molecule has 0 unspecified atom stereocenters. The van der Waals surface area contributed by atoms with E-state index in [0.717, 1.165) is 12.8 Å². The van der Waals surface area contributed by atoms with E-state index in [1.54, 1.807) is 0 Å². The van der Waals surface area contributed by atoms with E-state index in [4.69, 9.17) is 0 Å². The lowest BCUT2D eigenvalue weighted by molar-refractivity contribution is 1.27. The topological polar surface area (TPSA) is 12.4 Å².